The lowest BCUT2D eigenvalue weighted by Gasteiger charge is -2.13. The van der Waals surface area contributed by atoms with E-state index in [-0.39, 0.29) is 5.69 Å². The standard InChI is InChI=1S/C15H16BrN3O2/c1-18(2)13-7-4-12(5-8-13)17-10-11-3-6-14(19(20)21)9-15(11)16/h3-9,17H,10H2,1-2H3. The van der Waals surface area contributed by atoms with Crippen LogP contribution in [0.5, 0.6) is 0 Å². The number of non-ortho nitro benzene ring substituents is 1. The molecule has 0 unspecified atom stereocenters. The number of hydrogen-bond donors (Lipinski definition) is 1. The Hall–Kier alpha value is -2.08. The number of nitro groups is 1. The minimum absolute atomic E-state index is 0.0842. The van der Waals surface area contributed by atoms with Crippen molar-refractivity contribution < 1.29 is 4.92 Å². The third kappa shape index (κ3) is 3.95. The quantitative estimate of drug-likeness (QED) is 0.653. The van der Waals surface area contributed by atoms with Crippen LogP contribution in [-0.2, 0) is 6.54 Å². The molecule has 2 aromatic rings. The Morgan fingerprint density at radius 1 is 1.19 bits per heavy atom. The maximum atomic E-state index is 10.7. The number of nitrogens with one attached hydrogen (secondary N) is 1. The predicted molar refractivity (Wildman–Crippen MR) is 88.9 cm³/mol. The summed E-state index contributed by atoms with van der Waals surface area (Å²) < 4.78 is 0.731. The van der Waals surface area contributed by atoms with Gasteiger partial charge in [0.05, 0.1) is 4.92 Å². The lowest BCUT2D eigenvalue weighted by molar-refractivity contribution is -0.384. The molecule has 0 bridgehead atoms. The summed E-state index contributed by atoms with van der Waals surface area (Å²) >= 11 is 3.37. The Kier molecular flexibility index (Phi) is 4.80. The third-order valence-electron chi connectivity index (χ3n) is 3.11. The largest absolute Gasteiger partial charge is 0.381 e. The van der Waals surface area contributed by atoms with Crippen LogP contribution < -0.4 is 10.2 Å². The van der Waals surface area contributed by atoms with E-state index in [1.165, 1.54) is 12.1 Å². The van der Waals surface area contributed by atoms with E-state index in [2.05, 4.69) is 21.2 Å². The van der Waals surface area contributed by atoms with Crippen molar-refractivity contribution in [3.05, 3.63) is 62.6 Å². The number of benzene rings is 2. The Morgan fingerprint density at radius 3 is 2.38 bits per heavy atom. The smallest absolute Gasteiger partial charge is 0.270 e. The van der Waals surface area contributed by atoms with E-state index in [0.29, 0.717) is 6.54 Å². The van der Waals surface area contributed by atoms with Gasteiger partial charge in [-0.15, -0.1) is 0 Å². The lowest BCUT2D eigenvalue weighted by Crippen LogP contribution is -2.08. The van der Waals surface area contributed by atoms with Gasteiger partial charge in [-0.25, -0.2) is 0 Å². The van der Waals surface area contributed by atoms with Gasteiger partial charge in [0.25, 0.3) is 5.69 Å². The normalized spacial score (nSPS) is 10.2. The number of halogens is 1. The summed E-state index contributed by atoms with van der Waals surface area (Å²) in [5, 5.41) is 14.0. The average molecular weight is 350 g/mol. The molecule has 0 aliphatic heterocycles. The molecule has 0 fully saturated rings. The van der Waals surface area contributed by atoms with Crippen molar-refractivity contribution in [2.75, 3.05) is 24.3 Å². The maximum absolute atomic E-state index is 10.7. The van der Waals surface area contributed by atoms with E-state index in [0.717, 1.165) is 21.4 Å². The van der Waals surface area contributed by atoms with Gasteiger partial charge in [-0.2, -0.15) is 0 Å². The first-order valence-corrected chi connectivity index (χ1v) is 7.21. The summed E-state index contributed by atoms with van der Waals surface area (Å²) in [7, 11) is 3.99. The van der Waals surface area contributed by atoms with Crippen LogP contribution in [0.3, 0.4) is 0 Å². The van der Waals surface area contributed by atoms with Gasteiger partial charge in [-0.3, -0.25) is 10.1 Å². The Labute approximate surface area is 131 Å². The van der Waals surface area contributed by atoms with Gasteiger partial charge >= 0.3 is 0 Å². The van der Waals surface area contributed by atoms with Crippen molar-refractivity contribution in [2.45, 2.75) is 6.54 Å². The monoisotopic (exact) mass is 349 g/mol. The third-order valence-corrected chi connectivity index (χ3v) is 3.85. The van der Waals surface area contributed by atoms with E-state index in [1.807, 2.05) is 43.3 Å². The van der Waals surface area contributed by atoms with Crippen molar-refractivity contribution in [1.82, 2.24) is 0 Å². The average Bonchev–Trinajstić information content (AvgIpc) is 2.46. The molecular weight excluding hydrogens is 334 g/mol. The molecule has 6 heteroatoms. The minimum Gasteiger partial charge on any atom is -0.381 e. The highest BCUT2D eigenvalue weighted by Gasteiger charge is 2.08. The van der Waals surface area contributed by atoms with Crippen LogP contribution in [0.1, 0.15) is 5.56 Å². The van der Waals surface area contributed by atoms with Gasteiger partial charge in [0.1, 0.15) is 0 Å². The molecule has 0 saturated carbocycles. The van der Waals surface area contributed by atoms with Gasteiger partial charge < -0.3 is 10.2 Å². The first kappa shape index (κ1) is 15.3. The number of nitro benzene ring substituents is 1. The summed E-state index contributed by atoms with van der Waals surface area (Å²) in [6.45, 7) is 0.597. The SMILES string of the molecule is CN(C)c1ccc(NCc2ccc([N+](=O)[O-])cc2Br)cc1. The van der Waals surface area contributed by atoms with Gasteiger partial charge in [-0.1, -0.05) is 15.9 Å². The summed E-state index contributed by atoms with van der Waals surface area (Å²) in [6.07, 6.45) is 0. The highest BCUT2D eigenvalue weighted by molar-refractivity contribution is 9.10. The fraction of sp³-hybridized carbons (Fsp3) is 0.200. The lowest BCUT2D eigenvalue weighted by atomic mass is 10.2. The van der Waals surface area contributed by atoms with Crippen molar-refractivity contribution in [3.8, 4) is 0 Å². The van der Waals surface area contributed by atoms with Crippen LogP contribution in [0.15, 0.2) is 46.9 Å². The second-order valence-corrected chi connectivity index (χ2v) is 5.68. The summed E-state index contributed by atoms with van der Waals surface area (Å²) in [6, 6.07) is 12.9. The Balaban J connectivity index is 2.04. The van der Waals surface area contributed by atoms with Gasteiger partial charge in [0, 0.05) is 48.6 Å². The zero-order valence-corrected chi connectivity index (χ0v) is 13.4. The summed E-state index contributed by atoms with van der Waals surface area (Å²) in [5.41, 5.74) is 3.20. The zero-order valence-electron chi connectivity index (χ0n) is 11.8. The summed E-state index contributed by atoms with van der Waals surface area (Å²) in [4.78, 5) is 12.3. The van der Waals surface area contributed by atoms with E-state index in [1.54, 1.807) is 6.07 Å². The molecule has 5 nitrogen and oxygen atoms in total. The van der Waals surface area contributed by atoms with Crippen LogP contribution in [-0.4, -0.2) is 19.0 Å². The number of rotatable bonds is 5. The molecule has 0 heterocycles. The van der Waals surface area contributed by atoms with Crippen LogP contribution in [0.2, 0.25) is 0 Å². The van der Waals surface area contributed by atoms with Crippen molar-refractivity contribution in [2.24, 2.45) is 0 Å². The highest BCUT2D eigenvalue weighted by Crippen LogP contribution is 2.24. The Morgan fingerprint density at radius 2 is 1.86 bits per heavy atom. The first-order chi connectivity index (χ1) is 9.97. The molecule has 0 amide bonds. The number of anilines is 2. The van der Waals surface area contributed by atoms with Crippen LogP contribution in [0.4, 0.5) is 17.1 Å². The van der Waals surface area contributed by atoms with Crippen LogP contribution in [0, 0.1) is 10.1 Å². The van der Waals surface area contributed by atoms with Crippen LogP contribution in [0.25, 0.3) is 0 Å². The second kappa shape index (κ2) is 6.58. The molecule has 0 spiro atoms. The molecule has 0 aliphatic carbocycles. The second-order valence-electron chi connectivity index (χ2n) is 4.83. The van der Waals surface area contributed by atoms with E-state index in [9.17, 15) is 10.1 Å². The molecule has 1 N–H and O–H groups in total. The molecule has 110 valence electrons. The predicted octanol–water partition coefficient (Wildman–Crippen LogP) is 4.04. The highest BCUT2D eigenvalue weighted by atomic mass is 79.9. The summed E-state index contributed by atoms with van der Waals surface area (Å²) in [5.74, 6) is 0. The number of nitrogens with zero attached hydrogens (tertiary/aromatic N) is 2. The van der Waals surface area contributed by atoms with Gasteiger partial charge in [0.15, 0.2) is 0 Å². The number of hydrogen-bond acceptors (Lipinski definition) is 4. The van der Waals surface area contributed by atoms with Crippen LogP contribution >= 0.6 is 15.9 Å². The molecule has 0 aliphatic rings. The zero-order chi connectivity index (χ0) is 15.4. The molecule has 0 atom stereocenters. The fourth-order valence-corrected chi connectivity index (χ4v) is 2.37. The molecule has 21 heavy (non-hydrogen) atoms. The minimum atomic E-state index is -0.401. The first-order valence-electron chi connectivity index (χ1n) is 6.41. The van der Waals surface area contributed by atoms with Gasteiger partial charge in [-0.05, 0) is 35.9 Å². The molecule has 2 rings (SSSR count). The molecule has 0 radical (unpaired) electrons. The molecule has 0 aromatic heterocycles. The van der Waals surface area contributed by atoms with E-state index >= 15 is 0 Å². The molecule has 2 aromatic carbocycles. The van der Waals surface area contributed by atoms with Crippen molar-refractivity contribution in [3.63, 3.8) is 0 Å². The Bertz CT molecular complexity index is 642. The molecule has 0 saturated heterocycles. The van der Waals surface area contributed by atoms with Crippen molar-refractivity contribution in [1.29, 1.82) is 0 Å². The van der Waals surface area contributed by atoms with Crippen molar-refractivity contribution >= 4 is 33.0 Å². The van der Waals surface area contributed by atoms with Gasteiger partial charge in [0.2, 0.25) is 0 Å². The van der Waals surface area contributed by atoms with E-state index in [4.69, 9.17) is 0 Å². The van der Waals surface area contributed by atoms with E-state index < -0.39 is 4.92 Å². The fourth-order valence-electron chi connectivity index (χ4n) is 1.87. The molecular formula is C15H16BrN3O2. The maximum Gasteiger partial charge on any atom is 0.270 e. The topological polar surface area (TPSA) is 58.4 Å².